The fourth-order valence-electron chi connectivity index (χ4n) is 1.94. The lowest BCUT2D eigenvalue weighted by Crippen LogP contribution is -2.36. The maximum Gasteiger partial charge on any atom is 0.131 e. The Morgan fingerprint density at radius 3 is 2.72 bits per heavy atom. The van der Waals surface area contributed by atoms with E-state index in [0.717, 1.165) is 30.7 Å². The molecule has 0 N–H and O–H groups in total. The number of anilines is 1. The third kappa shape index (κ3) is 3.95. The number of pyridine rings is 1. The van der Waals surface area contributed by atoms with Gasteiger partial charge >= 0.3 is 0 Å². The number of hydrogen-bond donors (Lipinski definition) is 0. The van der Waals surface area contributed by atoms with Gasteiger partial charge in [-0.2, -0.15) is 0 Å². The van der Waals surface area contributed by atoms with Crippen LogP contribution in [0.1, 0.15) is 31.4 Å². The van der Waals surface area contributed by atoms with Gasteiger partial charge in [0.25, 0.3) is 0 Å². The van der Waals surface area contributed by atoms with Crippen molar-refractivity contribution in [1.82, 2.24) is 4.98 Å². The number of halogens is 1. The largest absolute Gasteiger partial charge is 0.383 e. The molecule has 0 spiro atoms. The SMILES string of the molecule is CCC(C)N(CCOC)c1ncc(CBr)cc1C. The first-order chi connectivity index (χ1) is 8.63. The average molecular weight is 315 g/mol. The standard InChI is InChI=1S/C14H23BrN2O/c1-5-12(3)17(6-7-18-4)14-11(2)8-13(9-15)10-16-14/h8,10,12H,5-7,9H2,1-4H3. The van der Waals surface area contributed by atoms with Gasteiger partial charge in [0.1, 0.15) is 5.82 Å². The molecule has 0 aromatic carbocycles. The second kappa shape index (κ2) is 7.74. The van der Waals surface area contributed by atoms with Crippen molar-refractivity contribution in [2.45, 2.75) is 38.6 Å². The molecule has 1 unspecified atom stereocenters. The van der Waals surface area contributed by atoms with Crippen molar-refractivity contribution in [3.63, 3.8) is 0 Å². The zero-order chi connectivity index (χ0) is 13.5. The lowest BCUT2D eigenvalue weighted by molar-refractivity contribution is 0.203. The van der Waals surface area contributed by atoms with Gasteiger partial charge in [0.15, 0.2) is 0 Å². The molecule has 0 aliphatic carbocycles. The molecular weight excluding hydrogens is 292 g/mol. The summed E-state index contributed by atoms with van der Waals surface area (Å²) in [6.45, 7) is 8.16. The summed E-state index contributed by atoms with van der Waals surface area (Å²) in [5.74, 6) is 1.08. The maximum atomic E-state index is 5.20. The quantitative estimate of drug-likeness (QED) is 0.720. The van der Waals surface area contributed by atoms with Gasteiger partial charge in [-0.05, 0) is 31.4 Å². The monoisotopic (exact) mass is 314 g/mol. The Labute approximate surface area is 119 Å². The zero-order valence-corrected chi connectivity index (χ0v) is 13.3. The number of aromatic nitrogens is 1. The van der Waals surface area contributed by atoms with E-state index in [0.29, 0.717) is 6.04 Å². The molecule has 1 atom stereocenters. The predicted molar refractivity (Wildman–Crippen MR) is 80.6 cm³/mol. The number of methoxy groups -OCH3 is 1. The summed E-state index contributed by atoms with van der Waals surface area (Å²) in [6.07, 6.45) is 3.05. The van der Waals surface area contributed by atoms with Gasteiger partial charge in [-0.1, -0.05) is 28.9 Å². The molecule has 0 aliphatic rings. The smallest absolute Gasteiger partial charge is 0.131 e. The molecule has 0 amide bonds. The first kappa shape index (κ1) is 15.4. The molecule has 0 saturated heterocycles. The lowest BCUT2D eigenvalue weighted by atomic mass is 10.1. The number of ether oxygens (including phenoxy) is 1. The van der Waals surface area contributed by atoms with Crippen molar-refractivity contribution in [2.24, 2.45) is 0 Å². The molecule has 3 nitrogen and oxygen atoms in total. The fraction of sp³-hybridized carbons (Fsp3) is 0.643. The van der Waals surface area contributed by atoms with Crippen LogP contribution in [-0.2, 0) is 10.1 Å². The Morgan fingerprint density at radius 2 is 2.22 bits per heavy atom. The third-order valence-electron chi connectivity index (χ3n) is 3.19. The molecule has 0 radical (unpaired) electrons. The Balaban J connectivity index is 2.96. The number of nitrogens with zero attached hydrogens (tertiary/aromatic N) is 2. The van der Waals surface area contributed by atoms with Gasteiger partial charge in [-0.3, -0.25) is 0 Å². The predicted octanol–water partition coefficient (Wildman–Crippen LogP) is 3.54. The summed E-state index contributed by atoms with van der Waals surface area (Å²) < 4.78 is 5.20. The minimum Gasteiger partial charge on any atom is -0.383 e. The van der Waals surface area contributed by atoms with Crippen LogP contribution in [0.3, 0.4) is 0 Å². The highest BCUT2D eigenvalue weighted by molar-refractivity contribution is 9.08. The Morgan fingerprint density at radius 1 is 1.50 bits per heavy atom. The van der Waals surface area contributed by atoms with Gasteiger partial charge in [-0.25, -0.2) is 4.98 Å². The minimum absolute atomic E-state index is 0.473. The van der Waals surface area contributed by atoms with E-state index in [1.165, 1.54) is 11.1 Å². The molecule has 0 fully saturated rings. The van der Waals surface area contributed by atoms with Crippen molar-refractivity contribution < 1.29 is 4.74 Å². The van der Waals surface area contributed by atoms with E-state index < -0.39 is 0 Å². The van der Waals surface area contributed by atoms with Crippen molar-refractivity contribution >= 4 is 21.7 Å². The van der Waals surface area contributed by atoms with E-state index >= 15 is 0 Å². The molecule has 18 heavy (non-hydrogen) atoms. The van der Waals surface area contributed by atoms with E-state index in [1.54, 1.807) is 7.11 Å². The molecular formula is C14H23BrN2O. The molecule has 1 aromatic heterocycles. The molecule has 0 bridgehead atoms. The van der Waals surface area contributed by atoms with Crippen LogP contribution >= 0.6 is 15.9 Å². The van der Waals surface area contributed by atoms with E-state index in [-0.39, 0.29) is 0 Å². The summed E-state index contributed by atoms with van der Waals surface area (Å²) in [6, 6.07) is 2.67. The average Bonchev–Trinajstić information content (AvgIpc) is 2.39. The summed E-state index contributed by atoms with van der Waals surface area (Å²) in [5.41, 5.74) is 2.44. The molecule has 1 rings (SSSR count). The molecule has 102 valence electrons. The van der Waals surface area contributed by atoms with Crippen LogP contribution in [0.25, 0.3) is 0 Å². The Kier molecular flexibility index (Phi) is 6.65. The van der Waals surface area contributed by atoms with Crippen molar-refractivity contribution in [3.8, 4) is 0 Å². The van der Waals surface area contributed by atoms with Crippen LogP contribution in [-0.4, -0.2) is 31.3 Å². The number of hydrogen-bond acceptors (Lipinski definition) is 3. The Hall–Kier alpha value is -0.610. The van der Waals surface area contributed by atoms with E-state index in [2.05, 4.69) is 52.7 Å². The van der Waals surface area contributed by atoms with Crippen molar-refractivity contribution in [2.75, 3.05) is 25.2 Å². The first-order valence-corrected chi connectivity index (χ1v) is 7.53. The maximum absolute atomic E-state index is 5.20. The highest BCUT2D eigenvalue weighted by atomic mass is 79.9. The van der Waals surface area contributed by atoms with Gasteiger partial charge in [0.05, 0.1) is 6.61 Å². The lowest BCUT2D eigenvalue weighted by Gasteiger charge is -2.30. The molecule has 4 heteroatoms. The van der Waals surface area contributed by atoms with Crippen LogP contribution in [0, 0.1) is 6.92 Å². The fourth-order valence-corrected chi connectivity index (χ4v) is 2.25. The van der Waals surface area contributed by atoms with Gasteiger partial charge in [-0.15, -0.1) is 0 Å². The van der Waals surface area contributed by atoms with Gasteiger partial charge in [0.2, 0.25) is 0 Å². The molecule has 0 saturated carbocycles. The van der Waals surface area contributed by atoms with Crippen LogP contribution in [0.5, 0.6) is 0 Å². The normalized spacial score (nSPS) is 12.5. The van der Waals surface area contributed by atoms with E-state index in [1.807, 2.05) is 6.20 Å². The highest BCUT2D eigenvalue weighted by Crippen LogP contribution is 2.22. The van der Waals surface area contributed by atoms with Crippen molar-refractivity contribution in [3.05, 3.63) is 23.4 Å². The van der Waals surface area contributed by atoms with E-state index in [4.69, 9.17) is 4.74 Å². The third-order valence-corrected chi connectivity index (χ3v) is 3.84. The second-order valence-electron chi connectivity index (χ2n) is 4.56. The second-order valence-corrected chi connectivity index (χ2v) is 5.12. The van der Waals surface area contributed by atoms with Crippen LogP contribution in [0.2, 0.25) is 0 Å². The van der Waals surface area contributed by atoms with Crippen LogP contribution in [0.4, 0.5) is 5.82 Å². The Bertz CT molecular complexity index is 371. The molecule has 1 heterocycles. The molecule has 1 aromatic rings. The van der Waals surface area contributed by atoms with Gasteiger partial charge in [0, 0.05) is 31.2 Å². The minimum atomic E-state index is 0.473. The summed E-state index contributed by atoms with van der Waals surface area (Å²) >= 11 is 3.46. The number of aryl methyl sites for hydroxylation is 1. The van der Waals surface area contributed by atoms with E-state index in [9.17, 15) is 0 Å². The van der Waals surface area contributed by atoms with Crippen LogP contribution in [0.15, 0.2) is 12.3 Å². The molecule has 0 aliphatic heterocycles. The zero-order valence-electron chi connectivity index (χ0n) is 11.7. The van der Waals surface area contributed by atoms with Gasteiger partial charge < -0.3 is 9.64 Å². The number of rotatable bonds is 7. The highest BCUT2D eigenvalue weighted by Gasteiger charge is 2.16. The first-order valence-electron chi connectivity index (χ1n) is 6.41. The summed E-state index contributed by atoms with van der Waals surface area (Å²) in [4.78, 5) is 6.94. The summed E-state index contributed by atoms with van der Waals surface area (Å²) in [5, 5.41) is 0.850. The van der Waals surface area contributed by atoms with Crippen molar-refractivity contribution in [1.29, 1.82) is 0 Å². The summed E-state index contributed by atoms with van der Waals surface area (Å²) in [7, 11) is 1.74. The van der Waals surface area contributed by atoms with Crippen LogP contribution < -0.4 is 4.90 Å². The topological polar surface area (TPSA) is 25.4 Å². The number of alkyl halides is 1.